The summed E-state index contributed by atoms with van der Waals surface area (Å²) in [6.07, 6.45) is 0.220. The average molecular weight is 189 g/mol. The highest BCUT2D eigenvalue weighted by molar-refractivity contribution is 5.75. The number of hydrazine groups is 1. The van der Waals surface area contributed by atoms with Crippen molar-refractivity contribution in [1.82, 2.24) is 5.01 Å². The number of rotatable bonds is 2. The van der Waals surface area contributed by atoms with Crippen LogP contribution in [0.2, 0.25) is 0 Å². The van der Waals surface area contributed by atoms with Crippen molar-refractivity contribution in [3.63, 3.8) is 0 Å². The molecule has 0 aliphatic carbocycles. The maximum atomic E-state index is 11.3. The first kappa shape index (κ1) is 11.7. The molecule has 13 heavy (non-hydrogen) atoms. The number of amides is 1. The molecule has 0 atom stereocenters. The van der Waals surface area contributed by atoms with Crippen LogP contribution in [-0.2, 0) is 4.79 Å². The van der Waals surface area contributed by atoms with Crippen LogP contribution in [-0.4, -0.2) is 28.1 Å². The van der Waals surface area contributed by atoms with E-state index in [4.69, 9.17) is 5.21 Å². The maximum Gasteiger partial charge on any atom is 0.281 e. The molecule has 76 valence electrons. The Balaban J connectivity index is 4.29. The molecule has 0 saturated heterocycles. The van der Waals surface area contributed by atoms with E-state index < -0.39 is 0 Å². The third-order valence-electron chi connectivity index (χ3n) is 1.38. The van der Waals surface area contributed by atoms with E-state index in [2.05, 4.69) is 5.28 Å². The van der Waals surface area contributed by atoms with Gasteiger partial charge in [-0.3, -0.25) is 4.79 Å². The van der Waals surface area contributed by atoms with Crippen molar-refractivity contribution in [2.75, 3.05) is 7.05 Å². The van der Waals surface area contributed by atoms with Gasteiger partial charge in [0.1, 0.15) is 0 Å². The van der Waals surface area contributed by atoms with Gasteiger partial charge in [0, 0.05) is 6.42 Å². The first-order valence-electron chi connectivity index (χ1n) is 3.86. The average Bonchev–Trinajstić information content (AvgIpc) is 1.98. The highest BCUT2D eigenvalue weighted by Gasteiger charge is 2.23. The molecule has 0 aromatic heterocycles. The summed E-state index contributed by atoms with van der Waals surface area (Å²) in [5.41, 5.74) is -0.193. The molecule has 0 fully saturated rings. The van der Waals surface area contributed by atoms with Gasteiger partial charge in [0.05, 0.1) is 12.0 Å². The summed E-state index contributed by atoms with van der Waals surface area (Å²) in [6, 6.07) is 0. The molecular formula is C7H15N3O3. The van der Waals surface area contributed by atoms with Crippen molar-refractivity contribution in [3.05, 3.63) is 5.21 Å². The molecule has 0 saturated carbocycles. The zero-order valence-corrected chi connectivity index (χ0v) is 8.31. The molecule has 0 heterocycles. The fourth-order valence-corrected chi connectivity index (χ4v) is 0.724. The first-order valence-corrected chi connectivity index (χ1v) is 3.86. The van der Waals surface area contributed by atoms with Crippen LogP contribution in [0.15, 0.2) is 5.28 Å². The Labute approximate surface area is 77.0 Å². The third kappa shape index (κ3) is 4.29. The summed E-state index contributed by atoms with van der Waals surface area (Å²) in [5.74, 6) is -0.389. The maximum absolute atomic E-state index is 11.3. The van der Waals surface area contributed by atoms with Crippen molar-refractivity contribution in [3.8, 4) is 0 Å². The van der Waals surface area contributed by atoms with Gasteiger partial charge < -0.3 is 10.4 Å². The van der Waals surface area contributed by atoms with Crippen LogP contribution in [0.5, 0.6) is 0 Å². The molecule has 1 N–H and O–H groups in total. The van der Waals surface area contributed by atoms with E-state index in [1.165, 1.54) is 7.05 Å². The van der Waals surface area contributed by atoms with E-state index in [0.717, 1.165) is 0 Å². The molecule has 0 unspecified atom stereocenters. The molecule has 0 rings (SSSR count). The lowest BCUT2D eigenvalue weighted by molar-refractivity contribution is -0.685. The van der Waals surface area contributed by atoms with Gasteiger partial charge in [0.25, 0.3) is 5.91 Å². The van der Waals surface area contributed by atoms with E-state index in [9.17, 15) is 10.0 Å². The largest absolute Gasteiger partial charge is 0.568 e. The SMILES string of the molecule is CN(C(=O)CC(C)(C)C)/[N+]([O-])=N\O. The smallest absolute Gasteiger partial charge is 0.281 e. The third-order valence-corrected chi connectivity index (χ3v) is 1.38. The van der Waals surface area contributed by atoms with Gasteiger partial charge in [0.15, 0.2) is 0 Å². The van der Waals surface area contributed by atoms with E-state index >= 15 is 0 Å². The van der Waals surface area contributed by atoms with Crippen molar-refractivity contribution < 1.29 is 15.0 Å². The van der Waals surface area contributed by atoms with E-state index in [1.807, 2.05) is 20.8 Å². The number of carbonyl (C=O) groups excluding carboxylic acids is 1. The summed E-state index contributed by atoms with van der Waals surface area (Å²) >= 11 is 0. The molecule has 0 aromatic rings. The summed E-state index contributed by atoms with van der Waals surface area (Å²) < 4.78 is 0. The Morgan fingerprint density at radius 1 is 1.62 bits per heavy atom. The second kappa shape index (κ2) is 4.06. The second-order valence-corrected chi connectivity index (χ2v) is 4.00. The molecule has 6 nitrogen and oxygen atoms in total. The minimum atomic E-state index is -0.389. The van der Waals surface area contributed by atoms with Crippen LogP contribution < -0.4 is 0 Å². The second-order valence-electron chi connectivity index (χ2n) is 4.00. The fourth-order valence-electron chi connectivity index (χ4n) is 0.724. The Bertz CT molecular complexity index is 220. The van der Waals surface area contributed by atoms with Gasteiger partial charge in [-0.1, -0.05) is 25.8 Å². The van der Waals surface area contributed by atoms with Crippen molar-refractivity contribution in [2.45, 2.75) is 27.2 Å². The number of hydrogen-bond acceptors (Lipinski definition) is 3. The van der Waals surface area contributed by atoms with Crippen molar-refractivity contribution in [1.29, 1.82) is 0 Å². The standard InChI is InChI=1S/C7H15N3O3/c1-7(2,3)5-6(11)9(4)10(13)8-12/h12H,5H2,1-4H3/b10-8+. The molecule has 0 aromatic carbocycles. The molecule has 1 amide bonds. The Hall–Kier alpha value is -1.33. The number of nitrogens with zero attached hydrogens (tertiary/aromatic N) is 3. The van der Waals surface area contributed by atoms with E-state index in [-0.39, 0.29) is 22.7 Å². The summed E-state index contributed by atoms with van der Waals surface area (Å²) in [7, 11) is 1.25. The lowest BCUT2D eigenvalue weighted by Gasteiger charge is -2.18. The Kier molecular flexibility index (Phi) is 3.65. The van der Waals surface area contributed by atoms with E-state index in [0.29, 0.717) is 5.01 Å². The molecule has 6 heteroatoms. The van der Waals surface area contributed by atoms with Crippen molar-refractivity contribution >= 4 is 5.91 Å². The van der Waals surface area contributed by atoms with E-state index in [1.54, 1.807) is 0 Å². The predicted octanol–water partition coefficient (Wildman–Crippen LogP) is 1.15. The lowest BCUT2D eigenvalue weighted by atomic mass is 9.92. The van der Waals surface area contributed by atoms with Crippen LogP contribution in [0.3, 0.4) is 0 Å². The van der Waals surface area contributed by atoms with Crippen LogP contribution >= 0.6 is 0 Å². The molecule has 0 aliphatic rings. The number of carbonyl (C=O) groups is 1. The van der Waals surface area contributed by atoms with Crippen LogP contribution in [0.1, 0.15) is 27.2 Å². The van der Waals surface area contributed by atoms with Gasteiger partial charge in [-0.15, -0.1) is 0 Å². The van der Waals surface area contributed by atoms with Crippen LogP contribution in [0, 0.1) is 10.6 Å². The predicted molar refractivity (Wildman–Crippen MR) is 44.7 cm³/mol. The minimum Gasteiger partial charge on any atom is -0.568 e. The van der Waals surface area contributed by atoms with Crippen LogP contribution in [0.4, 0.5) is 0 Å². The highest BCUT2D eigenvalue weighted by Crippen LogP contribution is 2.19. The Morgan fingerprint density at radius 2 is 2.08 bits per heavy atom. The topological polar surface area (TPSA) is 79.0 Å². The Morgan fingerprint density at radius 3 is 2.38 bits per heavy atom. The quantitative estimate of drug-likeness (QED) is 0.402. The zero-order chi connectivity index (χ0) is 10.6. The zero-order valence-electron chi connectivity index (χ0n) is 8.31. The minimum absolute atomic E-state index is 0.159. The van der Waals surface area contributed by atoms with Gasteiger partial charge in [-0.05, 0) is 5.41 Å². The van der Waals surface area contributed by atoms with Gasteiger partial charge in [-0.25, -0.2) is 0 Å². The molecule has 0 bridgehead atoms. The molecule has 0 aliphatic heterocycles. The molecule has 0 radical (unpaired) electrons. The lowest BCUT2D eigenvalue weighted by Crippen LogP contribution is -2.35. The highest BCUT2D eigenvalue weighted by atomic mass is 16.6. The molecular weight excluding hydrogens is 174 g/mol. The van der Waals surface area contributed by atoms with Gasteiger partial charge >= 0.3 is 0 Å². The van der Waals surface area contributed by atoms with Gasteiger partial charge in [-0.2, -0.15) is 0 Å². The van der Waals surface area contributed by atoms with Crippen LogP contribution in [0.25, 0.3) is 0 Å². The fraction of sp³-hybridized carbons (Fsp3) is 0.857. The normalized spacial score (nSPS) is 12.8. The first-order chi connectivity index (χ1) is 5.78. The van der Waals surface area contributed by atoms with Crippen molar-refractivity contribution in [2.24, 2.45) is 10.7 Å². The summed E-state index contributed by atoms with van der Waals surface area (Å²) in [6.45, 7) is 5.64. The summed E-state index contributed by atoms with van der Waals surface area (Å²) in [4.78, 5) is 11.1. The summed E-state index contributed by atoms with van der Waals surface area (Å²) in [5, 5.41) is 21.8. The van der Waals surface area contributed by atoms with Gasteiger partial charge in [0.2, 0.25) is 5.28 Å². The number of hydrogen-bond donors (Lipinski definition) is 1. The monoisotopic (exact) mass is 189 g/mol. The molecule has 0 spiro atoms.